The Balaban J connectivity index is 1.24. The first-order chi connectivity index (χ1) is 22.6. The number of aromatic nitrogens is 3. The fourth-order valence-corrected chi connectivity index (χ4v) is 5.16. The van der Waals surface area contributed by atoms with Gasteiger partial charge in [-0.05, 0) is 91.5 Å². The molecule has 0 bridgehead atoms. The molecule has 1 unspecified atom stereocenters. The van der Waals surface area contributed by atoms with Gasteiger partial charge >= 0.3 is 12.3 Å². The van der Waals surface area contributed by atoms with Crippen LogP contribution < -0.4 is 14.9 Å². The molecule has 246 valence electrons. The molecule has 3 aromatic carbocycles. The van der Waals surface area contributed by atoms with Gasteiger partial charge in [-0.3, -0.25) is 5.43 Å². The summed E-state index contributed by atoms with van der Waals surface area (Å²) in [7, 11) is 1.61. The highest BCUT2D eigenvalue weighted by molar-refractivity contribution is 8.13. The largest absolute Gasteiger partial charge is 0.573 e. The van der Waals surface area contributed by atoms with Crippen LogP contribution >= 0.6 is 11.8 Å². The van der Waals surface area contributed by atoms with Crippen LogP contribution in [-0.2, 0) is 14.3 Å². The van der Waals surface area contributed by atoms with Crippen molar-refractivity contribution in [2.75, 3.05) is 19.7 Å². The Morgan fingerprint density at radius 3 is 2.47 bits per heavy atom. The van der Waals surface area contributed by atoms with Gasteiger partial charge in [-0.25, -0.2) is 19.5 Å². The van der Waals surface area contributed by atoms with Crippen LogP contribution in [0.4, 0.5) is 18.9 Å². The Labute approximate surface area is 272 Å². The maximum Gasteiger partial charge on any atom is 0.573 e. The van der Waals surface area contributed by atoms with Gasteiger partial charge in [0.1, 0.15) is 23.8 Å². The number of methoxy groups -OCH3 is 1. The number of thioether (sulfide) groups is 1. The molecule has 47 heavy (non-hydrogen) atoms. The standard InChI is InChI=1S/C32H31F3N6O5S/c1-20-15-26(43-3)16-21(2)28(20)38-31(47-19-45-30(42)27-5-4-14-44-27)39-37-17-22-6-8-23(9-7-22)29-36-18-41(40-29)24-10-12-25(13-11-24)46-32(33,34)35/h6-13,15-18,27H,4-5,14,19H2,1-3H3,(H,38,39)/b37-17+. The van der Waals surface area contributed by atoms with Gasteiger partial charge in [0.25, 0.3) is 0 Å². The maximum absolute atomic E-state index is 12.4. The second kappa shape index (κ2) is 15.1. The van der Waals surface area contributed by atoms with Crippen molar-refractivity contribution in [3.05, 3.63) is 83.7 Å². The minimum atomic E-state index is -4.76. The van der Waals surface area contributed by atoms with Gasteiger partial charge in [-0.2, -0.15) is 5.10 Å². The predicted octanol–water partition coefficient (Wildman–Crippen LogP) is 6.48. The number of carbonyl (C=O) groups excluding carboxylic acids is 1. The number of ether oxygens (including phenoxy) is 4. The van der Waals surface area contributed by atoms with Crippen molar-refractivity contribution in [1.29, 1.82) is 0 Å². The summed E-state index contributed by atoms with van der Waals surface area (Å²) in [6.07, 6.45) is -0.742. The number of nitrogens with zero attached hydrogens (tertiary/aromatic N) is 5. The topological polar surface area (TPSA) is 121 Å². The normalized spacial score (nSPS) is 15.2. The van der Waals surface area contributed by atoms with Crippen molar-refractivity contribution >= 4 is 34.8 Å². The molecule has 0 saturated carbocycles. The second-order valence-corrected chi connectivity index (χ2v) is 11.2. The molecular weight excluding hydrogens is 637 g/mol. The lowest BCUT2D eigenvalue weighted by molar-refractivity contribution is -0.274. The summed E-state index contributed by atoms with van der Waals surface area (Å²) in [5, 5.41) is 9.20. The number of halogens is 3. The fourth-order valence-electron chi connectivity index (χ4n) is 4.60. The minimum absolute atomic E-state index is 0.0219. The van der Waals surface area contributed by atoms with E-state index in [0.29, 0.717) is 29.7 Å². The van der Waals surface area contributed by atoms with Gasteiger partial charge in [-0.15, -0.1) is 18.3 Å². The van der Waals surface area contributed by atoms with Gasteiger partial charge in [-0.1, -0.05) is 24.3 Å². The summed E-state index contributed by atoms with van der Waals surface area (Å²) in [4.78, 5) is 21.4. The monoisotopic (exact) mass is 668 g/mol. The summed E-state index contributed by atoms with van der Waals surface area (Å²) in [5.74, 6) is 0.449. The summed E-state index contributed by atoms with van der Waals surface area (Å²) < 4.78 is 58.9. The van der Waals surface area contributed by atoms with Crippen LogP contribution in [0, 0.1) is 13.8 Å². The third-order valence-corrected chi connectivity index (χ3v) is 7.56. The Bertz CT molecular complexity index is 1710. The van der Waals surface area contributed by atoms with Crippen molar-refractivity contribution in [2.24, 2.45) is 10.1 Å². The first-order valence-corrected chi connectivity index (χ1v) is 15.4. The Kier molecular flexibility index (Phi) is 10.8. The molecule has 1 atom stereocenters. The van der Waals surface area contributed by atoms with Gasteiger partial charge in [0.2, 0.25) is 0 Å². The van der Waals surface area contributed by atoms with E-state index in [-0.39, 0.29) is 11.7 Å². The highest BCUT2D eigenvalue weighted by atomic mass is 32.2. The van der Waals surface area contributed by atoms with E-state index in [1.165, 1.54) is 47.0 Å². The van der Waals surface area contributed by atoms with E-state index < -0.39 is 18.4 Å². The number of rotatable bonds is 10. The third-order valence-electron chi connectivity index (χ3n) is 6.87. The van der Waals surface area contributed by atoms with E-state index in [0.717, 1.165) is 40.1 Å². The van der Waals surface area contributed by atoms with Crippen molar-refractivity contribution in [3.63, 3.8) is 0 Å². The zero-order chi connectivity index (χ0) is 33.4. The lowest BCUT2D eigenvalue weighted by Gasteiger charge is -2.12. The van der Waals surface area contributed by atoms with Crippen molar-refractivity contribution in [1.82, 2.24) is 20.2 Å². The summed E-state index contributed by atoms with van der Waals surface area (Å²) >= 11 is 1.19. The van der Waals surface area contributed by atoms with Crippen LogP contribution in [0.25, 0.3) is 17.1 Å². The minimum Gasteiger partial charge on any atom is -0.497 e. The predicted molar refractivity (Wildman–Crippen MR) is 171 cm³/mol. The Morgan fingerprint density at radius 2 is 1.83 bits per heavy atom. The first kappa shape index (κ1) is 33.5. The fraction of sp³-hybridized carbons (Fsp3) is 0.281. The van der Waals surface area contributed by atoms with Gasteiger partial charge < -0.3 is 18.9 Å². The number of hydrazone groups is 1. The molecule has 1 fully saturated rings. The number of aliphatic imine (C=N–C) groups is 1. The molecule has 0 aliphatic carbocycles. The number of alkyl halides is 3. The molecule has 0 radical (unpaired) electrons. The molecule has 5 rings (SSSR count). The number of amidine groups is 1. The average molecular weight is 669 g/mol. The molecule has 1 saturated heterocycles. The number of nitrogens with one attached hydrogen (secondary N) is 1. The van der Waals surface area contributed by atoms with E-state index in [9.17, 15) is 18.0 Å². The van der Waals surface area contributed by atoms with E-state index in [1.807, 2.05) is 50.2 Å². The molecule has 4 aromatic rings. The highest BCUT2D eigenvalue weighted by Crippen LogP contribution is 2.30. The number of hydrogen-bond donors (Lipinski definition) is 1. The van der Waals surface area contributed by atoms with Gasteiger partial charge in [0.05, 0.1) is 24.7 Å². The zero-order valence-electron chi connectivity index (χ0n) is 25.7. The van der Waals surface area contributed by atoms with Gasteiger partial charge in [0, 0.05) is 12.2 Å². The molecule has 0 spiro atoms. The zero-order valence-corrected chi connectivity index (χ0v) is 26.5. The van der Waals surface area contributed by atoms with E-state index in [1.54, 1.807) is 13.3 Å². The smallest absolute Gasteiger partial charge is 0.497 e. The number of carbonyl (C=O) groups is 1. The van der Waals surface area contributed by atoms with Crippen molar-refractivity contribution in [2.45, 2.75) is 39.2 Å². The Hall–Kier alpha value is -4.89. The third kappa shape index (κ3) is 9.33. The molecule has 1 N–H and O–H groups in total. The lowest BCUT2D eigenvalue weighted by Crippen LogP contribution is -2.23. The SMILES string of the molecule is COc1cc(C)c(/N=C(/N/N=C/c2ccc(-c3ncn(-c4ccc(OC(F)(F)F)cc4)n3)cc2)SCOC(=O)C2CCCO2)c(C)c1. The molecule has 15 heteroatoms. The Morgan fingerprint density at radius 1 is 1.11 bits per heavy atom. The molecule has 11 nitrogen and oxygen atoms in total. The van der Waals surface area contributed by atoms with Crippen LogP contribution in [-0.4, -0.2) is 64.2 Å². The summed E-state index contributed by atoms with van der Waals surface area (Å²) in [6.45, 7) is 4.41. The van der Waals surface area contributed by atoms with E-state index in [4.69, 9.17) is 19.2 Å². The van der Waals surface area contributed by atoms with Crippen LogP contribution in [0.1, 0.15) is 29.5 Å². The molecule has 1 aliphatic rings. The van der Waals surface area contributed by atoms with Crippen LogP contribution in [0.5, 0.6) is 11.5 Å². The molecule has 1 aromatic heterocycles. The number of hydrogen-bond acceptors (Lipinski definition) is 10. The molecule has 1 aliphatic heterocycles. The molecular formula is C32H31F3N6O5S. The van der Waals surface area contributed by atoms with Crippen LogP contribution in [0.2, 0.25) is 0 Å². The summed E-state index contributed by atoms with van der Waals surface area (Å²) in [5.41, 5.74) is 7.52. The number of benzene rings is 3. The average Bonchev–Trinajstić information content (AvgIpc) is 3.76. The quantitative estimate of drug-likeness (QED) is 0.0665. The van der Waals surface area contributed by atoms with Crippen LogP contribution in [0.3, 0.4) is 0 Å². The maximum atomic E-state index is 12.4. The molecule has 2 heterocycles. The van der Waals surface area contributed by atoms with E-state index >= 15 is 0 Å². The van der Waals surface area contributed by atoms with Gasteiger partial charge in [0.15, 0.2) is 17.1 Å². The highest BCUT2D eigenvalue weighted by Gasteiger charge is 2.31. The number of esters is 1. The first-order valence-electron chi connectivity index (χ1n) is 14.4. The lowest BCUT2D eigenvalue weighted by atomic mass is 10.1. The number of aryl methyl sites for hydroxylation is 2. The van der Waals surface area contributed by atoms with Crippen molar-refractivity contribution < 1.29 is 36.9 Å². The van der Waals surface area contributed by atoms with Crippen LogP contribution in [0.15, 0.2) is 77.1 Å². The second-order valence-electron chi connectivity index (χ2n) is 10.3. The van der Waals surface area contributed by atoms with Crippen molar-refractivity contribution in [3.8, 4) is 28.6 Å². The molecule has 0 amide bonds. The summed E-state index contributed by atoms with van der Waals surface area (Å²) in [6, 6.07) is 16.4. The van der Waals surface area contributed by atoms with E-state index in [2.05, 4.69) is 25.3 Å².